The van der Waals surface area contributed by atoms with E-state index in [4.69, 9.17) is 0 Å². The second-order valence-corrected chi connectivity index (χ2v) is 7.37. The van der Waals surface area contributed by atoms with Gasteiger partial charge in [-0.05, 0) is 20.2 Å². The predicted molar refractivity (Wildman–Crippen MR) is 93.5 cm³/mol. The molecule has 0 aromatic carbocycles. The fourth-order valence-electron chi connectivity index (χ4n) is 2.89. The van der Waals surface area contributed by atoms with Crippen LogP contribution in [0.4, 0.5) is 0 Å². The Kier molecular flexibility index (Phi) is 5.60. The van der Waals surface area contributed by atoms with Crippen LogP contribution in [0.1, 0.15) is 10.7 Å². The van der Waals surface area contributed by atoms with Gasteiger partial charge in [0.25, 0.3) is 0 Å². The number of carbonyl (C=O) groups excluding carboxylic acids is 1. The minimum Gasteiger partial charge on any atom is -0.354 e. The van der Waals surface area contributed by atoms with Crippen LogP contribution in [0.25, 0.3) is 0 Å². The third kappa shape index (κ3) is 4.40. The van der Waals surface area contributed by atoms with E-state index in [1.54, 1.807) is 11.3 Å². The third-order valence-electron chi connectivity index (χ3n) is 4.13. The van der Waals surface area contributed by atoms with Crippen molar-refractivity contribution in [1.29, 1.82) is 0 Å². The average Bonchev–Trinajstić information content (AvgIpc) is 3.16. The summed E-state index contributed by atoms with van der Waals surface area (Å²) in [6, 6.07) is 2.03. The van der Waals surface area contributed by atoms with Crippen LogP contribution in [0.15, 0.2) is 23.8 Å². The van der Waals surface area contributed by atoms with Gasteiger partial charge in [-0.1, -0.05) is 0 Å². The second kappa shape index (κ2) is 7.87. The van der Waals surface area contributed by atoms with Crippen molar-refractivity contribution >= 4 is 17.2 Å². The predicted octanol–water partition coefficient (Wildman–Crippen LogP) is 0.649. The van der Waals surface area contributed by atoms with Crippen LogP contribution in [0.5, 0.6) is 0 Å². The lowest BCUT2D eigenvalue weighted by atomic mass is 10.1. The molecule has 0 spiro atoms. The maximum Gasteiger partial charge on any atom is 0.226 e. The highest BCUT2D eigenvalue weighted by Gasteiger charge is 2.27. The summed E-state index contributed by atoms with van der Waals surface area (Å²) in [5, 5.41) is 10.5. The maximum absolute atomic E-state index is 12.6. The number of nitrogens with zero attached hydrogens (tertiary/aromatic N) is 5. The number of thiazole rings is 1. The molecule has 3 heterocycles. The van der Waals surface area contributed by atoms with Gasteiger partial charge in [0.2, 0.25) is 5.91 Å². The molecule has 2 aromatic rings. The van der Waals surface area contributed by atoms with Crippen molar-refractivity contribution in [2.45, 2.75) is 19.6 Å². The minimum atomic E-state index is -0.103. The number of hydrogen-bond acceptors (Lipinski definition) is 6. The van der Waals surface area contributed by atoms with Crippen molar-refractivity contribution in [1.82, 2.24) is 29.9 Å². The lowest BCUT2D eigenvalue weighted by molar-refractivity contribution is -0.126. The highest BCUT2D eigenvalue weighted by molar-refractivity contribution is 7.09. The first-order valence-electron chi connectivity index (χ1n) is 8.15. The maximum atomic E-state index is 12.6. The normalized spacial score (nSPS) is 18.4. The van der Waals surface area contributed by atoms with Crippen molar-refractivity contribution in [2.75, 3.05) is 33.7 Å². The molecule has 0 saturated heterocycles. The zero-order chi connectivity index (χ0) is 16.9. The molecule has 0 saturated carbocycles. The van der Waals surface area contributed by atoms with Crippen LogP contribution < -0.4 is 5.32 Å². The van der Waals surface area contributed by atoms with Gasteiger partial charge in [0.1, 0.15) is 5.01 Å². The Morgan fingerprint density at radius 3 is 3.04 bits per heavy atom. The molecule has 1 aliphatic heterocycles. The third-order valence-corrected chi connectivity index (χ3v) is 4.90. The number of carbonyl (C=O) groups is 1. The number of amides is 1. The fraction of sp³-hybridized carbons (Fsp3) is 0.562. The molecule has 1 amide bonds. The summed E-state index contributed by atoms with van der Waals surface area (Å²) in [6.45, 7) is 4.42. The largest absolute Gasteiger partial charge is 0.354 e. The molecule has 1 atom stereocenters. The average molecular weight is 348 g/mol. The Balaban J connectivity index is 1.68. The number of rotatable bonds is 6. The Hall–Kier alpha value is -1.77. The van der Waals surface area contributed by atoms with Gasteiger partial charge in [-0.3, -0.25) is 14.4 Å². The van der Waals surface area contributed by atoms with Crippen molar-refractivity contribution in [3.63, 3.8) is 0 Å². The molecule has 3 rings (SSSR count). The zero-order valence-electron chi connectivity index (χ0n) is 14.2. The van der Waals surface area contributed by atoms with Gasteiger partial charge in [-0.2, -0.15) is 5.10 Å². The smallest absolute Gasteiger partial charge is 0.226 e. The Bertz CT molecular complexity index is 653. The Labute approximate surface area is 146 Å². The van der Waals surface area contributed by atoms with Crippen LogP contribution in [0, 0.1) is 5.92 Å². The van der Waals surface area contributed by atoms with E-state index in [9.17, 15) is 4.79 Å². The number of likely N-dealkylation sites (N-methyl/N-ethyl adjacent to an activating group) is 1. The molecular formula is C16H24N6OS. The quantitative estimate of drug-likeness (QED) is 0.830. The molecule has 0 radical (unpaired) electrons. The van der Waals surface area contributed by atoms with Gasteiger partial charge in [-0.25, -0.2) is 4.98 Å². The van der Waals surface area contributed by atoms with Crippen LogP contribution in [-0.4, -0.2) is 64.2 Å². The standard InChI is InChI=1S/C16H24N6OS/c1-20(2)7-5-18-16(23)13-9-21(12-15-17-6-8-24-15)11-14-3-4-19-22(14)10-13/h3-4,6,8,13H,5,7,9-12H2,1-2H3,(H,18,23)/t13-/m0/s1. The van der Waals surface area contributed by atoms with Gasteiger partial charge in [0, 0.05) is 44.0 Å². The first-order valence-corrected chi connectivity index (χ1v) is 9.03. The summed E-state index contributed by atoms with van der Waals surface area (Å²) in [5.41, 5.74) is 1.15. The first kappa shape index (κ1) is 17.1. The molecule has 0 unspecified atom stereocenters. The van der Waals surface area contributed by atoms with Gasteiger partial charge >= 0.3 is 0 Å². The van der Waals surface area contributed by atoms with Crippen LogP contribution in [0.3, 0.4) is 0 Å². The molecule has 7 nitrogen and oxygen atoms in total. The van der Waals surface area contributed by atoms with E-state index in [2.05, 4.69) is 25.2 Å². The highest BCUT2D eigenvalue weighted by atomic mass is 32.1. The van der Waals surface area contributed by atoms with E-state index < -0.39 is 0 Å². The number of aromatic nitrogens is 3. The molecule has 0 bridgehead atoms. The summed E-state index contributed by atoms with van der Waals surface area (Å²) in [5.74, 6) is -0.00221. The second-order valence-electron chi connectivity index (χ2n) is 6.39. The number of nitrogens with one attached hydrogen (secondary N) is 1. The van der Waals surface area contributed by atoms with Crippen molar-refractivity contribution < 1.29 is 4.79 Å². The Morgan fingerprint density at radius 1 is 1.42 bits per heavy atom. The van der Waals surface area contributed by atoms with E-state index in [0.717, 1.165) is 36.9 Å². The summed E-state index contributed by atoms with van der Waals surface area (Å²) >= 11 is 1.65. The van der Waals surface area contributed by atoms with Crippen molar-refractivity contribution in [3.05, 3.63) is 34.5 Å². The molecule has 2 aromatic heterocycles. The number of fused-ring (bicyclic) bond motifs is 1. The molecule has 1 aliphatic rings. The molecular weight excluding hydrogens is 324 g/mol. The first-order chi connectivity index (χ1) is 11.6. The summed E-state index contributed by atoms with van der Waals surface area (Å²) in [7, 11) is 4.01. The number of hydrogen-bond donors (Lipinski definition) is 1. The van der Waals surface area contributed by atoms with E-state index in [0.29, 0.717) is 13.1 Å². The lowest BCUT2D eigenvalue weighted by Crippen LogP contribution is -2.41. The van der Waals surface area contributed by atoms with Crippen LogP contribution in [-0.2, 0) is 24.4 Å². The monoisotopic (exact) mass is 348 g/mol. The summed E-state index contributed by atoms with van der Waals surface area (Å²) in [4.78, 5) is 21.3. The van der Waals surface area contributed by atoms with E-state index in [-0.39, 0.29) is 11.8 Å². The zero-order valence-corrected chi connectivity index (χ0v) is 15.0. The summed E-state index contributed by atoms with van der Waals surface area (Å²) in [6.07, 6.45) is 3.64. The van der Waals surface area contributed by atoms with Crippen LogP contribution >= 0.6 is 11.3 Å². The fourth-order valence-corrected chi connectivity index (χ4v) is 3.54. The lowest BCUT2D eigenvalue weighted by Gasteiger charge is -2.22. The Morgan fingerprint density at radius 2 is 2.29 bits per heavy atom. The molecule has 8 heteroatoms. The topological polar surface area (TPSA) is 66.3 Å². The van der Waals surface area contributed by atoms with E-state index >= 15 is 0 Å². The van der Waals surface area contributed by atoms with Crippen molar-refractivity contribution in [2.24, 2.45) is 5.92 Å². The molecule has 0 fully saturated rings. The van der Waals surface area contributed by atoms with Gasteiger partial charge in [0.15, 0.2) is 0 Å². The SMILES string of the molecule is CN(C)CCNC(=O)[C@H]1CN(Cc2nccs2)Cc2ccnn2C1. The van der Waals surface area contributed by atoms with Gasteiger partial charge < -0.3 is 10.2 Å². The van der Waals surface area contributed by atoms with Crippen LogP contribution in [0.2, 0.25) is 0 Å². The molecule has 130 valence electrons. The van der Waals surface area contributed by atoms with Gasteiger partial charge in [-0.15, -0.1) is 11.3 Å². The van der Waals surface area contributed by atoms with Gasteiger partial charge in [0.05, 0.1) is 24.7 Å². The van der Waals surface area contributed by atoms with E-state index in [1.807, 2.05) is 42.6 Å². The highest BCUT2D eigenvalue weighted by Crippen LogP contribution is 2.19. The summed E-state index contributed by atoms with van der Waals surface area (Å²) < 4.78 is 1.96. The minimum absolute atomic E-state index is 0.101. The molecule has 1 N–H and O–H groups in total. The molecule has 24 heavy (non-hydrogen) atoms. The molecule has 0 aliphatic carbocycles. The van der Waals surface area contributed by atoms with Crippen molar-refractivity contribution in [3.8, 4) is 0 Å². The van der Waals surface area contributed by atoms with E-state index in [1.165, 1.54) is 0 Å².